The smallest absolute Gasteiger partial charge is 0.105 e. The molecule has 1 rings (SSSR count). The van der Waals surface area contributed by atoms with Crippen LogP contribution in [0.4, 0.5) is 0 Å². The second-order valence-corrected chi connectivity index (χ2v) is 3.81. The summed E-state index contributed by atoms with van der Waals surface area (Å²) in [6.07, 6.45) is 1.06. The number of nitrogens with zero attached hydrogens (tertiary/aromatic N) is 2. The summed E-state index contributed by atoms with van der Waals surface area (Å²) < 4.78 is 0. The van der Waals surface area contributed by atoms with Crippen molar-refractivity contribution in [2.75, 3.05) is 20.6 Å². The third-order valence-electron chi connectivity index (χ3n) is 2.03. The van der Waals surface area contributed by atoms with Crippen LogP contribution in [-0.2, 0) is 0 Å². The molecular formula is C8H15N3S. The molecule has 0 saturated carbocycles. The Morgan fingerprint density at radius 1 is 1.58 bits per heavy atom. The lowest BCUT2D eigenvalue weighted by molar-refractivity contribution is 0.395. The van der Waals surface area contributed by atoms with E-state index in [2.05, 4.69) is 29.5 Å². The first kappa shape index (κ1) is 9.61. The van der Waals surface area contributed by atoms with Crippen molar-refractivity contribution >= 4 is 22.9 Å². The van der Waals surface area contributed by atoms with Crippen LogP contribution in [0.5, 0.6) is 0 Å². The third-order valence-corrected chi connectivity index (χ3v) is 2.40. The highest BCUT2D eigenvalue weighted by molar-refractivity contribution is 7.80. The summed E-state index contributed by atoms with van der Waals surface area (Å²) in [6.45, 7) is 3.08. The van der Waals surface area contributed by atoms with Gasteiger partial charge in [0.15, 0.2) is 0 Å². The van der Waals surface area contributed by atoms with Gasteiger partial charge in [0, 0.05) is 5.71 Å². The Morgan fingerprint density at radius 2 is 2.25 bits per heavy atom. The molecule has 0 aromatic rings. The number of nitrogens with one attached hydrogen (secondary N) is 1. The summed E-state index contributed by atoms with van der Waals surface area (Å²) in [5, 5.41) is 4.08. The van der Waals surface area contributed by atoms with Crippen LogP contribution in [0.2, 0.25) is 0 Å². The fourth-order valence-corrected chi connectivity index (χ4v) is 1.55. The van der Waals surface area contributed by atoms with E-state index in [4.69, 9.17) is 12.2 Å². The molecule has 3 nitrogen and oxygen atoms in total. The van der Waals surface area contributed by atoms with Crippen LogP contribution >= 0.6 is 12.2 Å². The monoisotopic (exact) mass is 185 g/mol. The second kappa shape index (κ2) is 3.96. The van der Waals surface area contributed by atoms with E-state index in [0.29, 0.717) is 5.92 Å². The van der Waals surface area contributed by atoms with Gasteiger partial charge in [-0.05, 0) is 34.0 Å². The average molecular weight is 185 g/mol. The van der Waals surface area contributed by atoms with Crippen molar-refractivity contribution in [3.63, 3.8) is 0 Å². The van der Waals surface area contributed by atoms with E-state index in [1.807, 2.05) is 6.92 Å². The fourth-order valence-electron chi connectivity index (χ4n) is 1.22. The van der Waals surface area contributed by atoms with Gasteiger partial charge in [0.1, 0.15) is 4.99 Å². The van der Waals surface area contributed by atoms with Crippen molar-refractivity contribution in [3.8, 4) is 0 Å². The molecule has 0 aromatic heterocycles. The molecule has 1 aliphatic heterocycles. The molecule has 0 spiro atoms. The lowest BCUT2D eigenvalue weighted by Gasteiger charge is -2.13. The number of thiocarbonyl (C=S) groups is 1. The van der Waals surface area contributed by atoms with E-state index in [0.717, 1.165) is 23.7 Å². The summed E-state index contributed by atoms with van der Waals surface area (Å²) in [6, 6.07) is 0. The van der Waals surface area contributed by atoms with Crippen molar-refractivity contribution in [2.45, 2.75) is 13.3 Å². The Hall–Kier alpha value is -0.480. The minimum Gasteiger partial charge on any atom is -0.309 e. The van der Waals surface area contributed by atoms with Gasteiger partial charge < -0.3 is 4.90 Å². The van der Waals surface area contributed by atoms with Crippen LogP contribution in [0.25, 0.3) is 0 Å². The van der Waals surface area contributed by atoms with Gasteiger partial charge in [-0.3, -0.25) is 5.43 Å². The average Bonchev–Trinajstić information content (AvgIpc) is 2.28. The second-order valence-electron chi connectivity index (χ2n) is 3.37. The van der Waals surface area contributed by atoms with Gasteiger partial charge >= 0.3 is 0 Å². The van der Waals surface area contributed by atoms with Crippen LogP contribution in [0.3, 0.4) is 0 Å². The van der Waals surface area contributed by atoms with E-state index in [1.54, 1.807) is 0 Å². The normalized spacial score (nSPS) is 22.8. The van der Waals surface area contributed by atoms with Crippen LogP contribution in [0, 0.1) is 5.92 Å². The minimum absolute atomic E-state index is 0.363. The molecule has 4 heteroatoms. The Morgan fingerprint density at radius 3 is 2.67 bits per heavy atom. The Bertz CT molecular complexity index is 210. The summed E-state index contributed by atoms with van der Waals surface area (Å²) in [5.41, 5.74) is 3.96. The summed E-state index contributed by atoms with van der Waals surface area (Å²) in [7, 11) is 4.13. The molecule has 1 atom stereocenters. The lowest BCUT2D eigenvalue weighted by Crippen LogP contribution is -2.25. The van der Waals surface area contributed by atoms with Crippen molar-refractivity contribution < 1.29 is 0 Å². The van der Waals surface area contributed by atoms with Gasteiger partial charge in [-0.25, -0.2) is 0 Å². The maximum atomic E-state index is 5.13. The van der Waals surface area contributed by atoms with Crippen molar-refractivity contribution in [1.82, 2.24) is 10.3 Å². The van der Waals surface area contributed by atoms with Crippen molar-refractivity contribution in [3.05, 3.63) is 0 Å². The molecule has 0 bridgehead atoms. The van der Waals surface area contributed by atoms with Crippen molar-refractivity contribution in [2.24, 2.45) is 11.0 Å². The molecule has 0 aliphatic carbocycles. The van der Waals surface area contributed by atoms with E-state index < -0.39 is 0 Å². The lowest BCUT2D eigenvalue weighted by atomic mass is 10.0. The standard InChI is InChI=1S/C8H15N3S/c1-6-7(4-5-11(2)3)8(12)10-9-6/h7H,4-5H2,1-3H3,(H,10,12). The van der Waals surface area contributed by atoms with Gasteiger partial charge in [-0.15, -0.1) is 0 Å². The molecule has 68 valence electrons. The van der Waals surface area contributed by atoms with Crippen LogP contribution < -0.4 is 5.43 Å². The van der Waals surface area contributed by atoms with E-state index in [9.17, 15) is 0 Å². The number of rotatable bonds is 3. The first-order valence-electron chi connectivity index (χ1n) is 4.10. The number of hydrazone groups is 1. The summed E-state index contributed by atoms with van der Waals surface area (Å²) in [4.78, 5) is 3.03. The maximum absolute atomic E-state index is 5.13. The zero-order chi connectivity index (χ0) is 9.14. The van der Waals surface area contributed by atoms with E-state index in [-0.39, 0.29) is 0 Å². The number of hydrogen-bond acceptors (Lipinski definition) is 3. The van der Waals surface area contributed by atoms with Gasteiger partial charge in [-0.2, -0.15) is 5.10 Å². The molecule has 1 aliphatic rings. The van der Waals surface area contributed by atoms with Crippen LogP contribution in [-0.4, -0.2) is 36.2 Å². The molecular weight excluding hydrogens is 170 g/mol. The van der Waals surface area contributed by atoms with Gasteiger partial charge in [0.25, 0.3) is 0 Å². The Balaban J connectivity index is 2.41. The third kappa shape index (κ3) is 2.25. The molecule has 1 unspecified atom stereocenters. The number of hydrogen-bond donors (Lipinski definition) is 1. The van der Waals surface area contributed by atoms with Gasteiger partial charge in [0.05, 0.1) is 5.92 Å². The largest absolute Gasteiger partial charge is 0.309 e. The van der Waals surface area contributed by atoms with Crippen LogP contribution in [0.15, 0.2) is 5.10 Å². The molecule has 0 radical (unpaired) electrons. The highest BCUT2D eigenvalue weighted by atomic mass is 32.1. The predicted octanol–water partition coefficient (Wildman–Crippen LogP) is 0.861. The first-order chi connectivity index (χ1) is 5.61. The van der Waals surface area contributed by atoms with Crippen LogP contribution in [0.1, 0.15) is 13.3 Å². The maximum Gasteiger partial charge on any atom is 0.105 e. The van der Waals surface area contributed by atoms with E-state index in [1.165, 1.54) is 0 Å². The Kier molecular flexibility index (Phi) is 3.17. The molecule has 1 N–H and O–H groups in total. The quantitative estimate of drug-likeness (QED) is 0.661. The molecule has 0 saturated heterocycles. The molecule has 0 aromatic carbocycles. The zero-order valence-electron chi connectivity index (χ0n) is 7.79. The molecule has 0 amide bonds. The highest BCUT2D eigenvalue weighted by Crippen LogP contribution is 2.12. The summed E-state index contributed by atoms with van der Waals surface area (Å²) in [5.74, 6) is 0.363. The molecule has 1 heterocycles. The van der Waals surface area contributed by atoms with Crippen molar-refractivity contribution in [1.29, 1.82) is 0 Å². The Labute approximate surface area is 78.8 Å². The summed E-state index contributed by atoms with van der Waals surface area (Å²) >= 11 is 5.13. The fraction of sp³-hybridized carbons (Fsp3) is 0.750. The van der Waals surface area contributed by atoms with Gasteiger partial charge in [0.2, 0.25) is 0 Å². The predicted molar refractivity (Wildman–Crippen MR) is 55.5 cm³/mol. The topological polar surface area (TPSA) is 27.6 Å². The van der Waals surface area contributed by atoms with E-state index >= 15 is 0 Å². The molecule has 12 heavy (non-hydrogen) atoms. The minimum atomic E-state index is 0.363. The SMILES string of the molecule is CC1=NNC(=S)C1CCN(C)C. The first-order valence-corrected chi connectivity index (χ1v) is 4.51. The highest BCUT2D eigenvalue weighted by Gasteiger charge is 2.22. The molecule has 0 fully saturated rings. The zero-order valence-corrected chi connectivity index (χ0v) is 8.61. The van der Waals surface area contributed by atoms with Gasteiger partial charge in [-0.1, -0.05) is 12.2 Å².